The van der Waals surface area contributed by atoms with Crippen molar-refractivity contribution in [3.63, 3.8) is 0 Å². The standard InChI is InChI=1S/C14H14N6O/c1-10(13-19-18-12-6-2-3-8-20(12)13)16-14(21)17-11-5-4-7-15-9-11/h2-10H,1H3,(H2,16,17,21)/t10-/m0/s1. The zero-order chi connectivity index (χ0) is 14.7. The lowest BCUT2D eigenvalue weighted by Gasteiger charge is -2.13. The van der Waals surface area contributed by atoms with Gasteiger partial charge in [-0.2, -0.15) is 0 Å². The largest absolute Gasteiger partial charge is 0.328 e. The van der Waals surface area contributed by atoms with E-state index in [9.17, 15) is 4.79 Å². The normalized spacial score (nSPS) is 12.0. The fourth-order valence-corrected chi connectivity index (χ4v) is 2.02. The van der Waals surface area contributed by atoms with Gasteiger partial charge in [-0.1, -0.05) is 6.07 Å². The number of aromatic nitrogens is 4. The van der Waals surface area contributed by atoms with Crippen molar-refractivity contribution < 1.29 is 4.79 Å². The summed E-state index contributed by atoms with van der Waals surface area (Å²) in [4.78, 5) is 15.9. The number of urea groups is 1. The minimum absolute atomic E-state index is 0.279. The van der Waals surface area contributed by atoms with Crippen LogP contribution >= 0.6 is 0 Å². The van der Waals surface area contributed by atoms with Crippen molar-refractivity contribution in [3.05, 3.63) is 54.7 Å². The van der Waals surface area contributed by atoms with Gasteiger partial charge in [-0.05, 0) is 31.2 Å². The Morgan fingerprint density at radius 1 is 1.24 bits per heavy atom. The van der Waals surface area contributed by atoms with Gasteiger partial charge in [-0.25, -0.2) is 4.79 Å². The van der Waals surface area contributed by atoms with Crippen LogP contribution in [-0.4, -0.2) is 25.6 Å². The maximum atomic E-state index is 11.9. The summed E-state index contributed by atoms with van der Waals surface area (Å²) in [5, 5.41) is 13.7. The Morgan fingerprint density at radius 2 is 2.14 bits per heavy atom. The SMILES string of the molecule is C[C@H](NC(=O)Nc1cccnc1)c1nnc2ccccn12. The first-order chi connectivity index (χ1) is 10.2. The van der Waals surface area contributed by atoms with Gasteiger partial charge in [0.1, 0.15) is 0 Å². The van der Waals surface area contributed by atoms with Gasteiger partial charge in [0.2, 0.25) is 0 Å². The topological polar surface area (TPSA) is 84.2 Å². The summed E-state index contributed by atoms with van der Waals surface area (Å²) in [5.41, 5.74) is 1.38. The van der Waals surface area contributed by atoms with Crippen LogP contribution < -0.4 is 10.6 Å². The molecule has 0 spiro atoms. The maximum Gasteiger partial charge on any atom is 0.319 e. The number of carbonyl (C=O) groups is 1. The minimum Gasteiger partial charge on any atom is -0.328 e. The molecule has 7 nitrogen and oxygen atoms in total. The van der Waals surface area contributed by atoms with E-state index in [1.54, 1.807) is 24.5 Å². The van der Waals surface area contributed by atoms with Crippen LogP contribution in [-0.2, 0) is 0 Å². The van der Waals surface area contributed by atoms with Gasteiger partial charge in [0.25, 0.3) is 0 Å². The predicted molar refractivity (Wildman–Crippen MR) is 77.8 cm³/mol. The number of carbonyl (C=O) groups excluding carboxylic acids is 1. The number of rotatable bonds is 3. The molecule has 7 heteroatoms. The number of fused-ring (bicyclic) bond motifs is 1. The molecular weight excluding hydrogens is 268 g/mol. The Bertz CT molecular complexity index is 754. The van der Waals surface area contributed by atoms with Crippen molar-refractivity contribution in [2.24, 2.45) is 0 Å². The summed E-state index contributed by atoms with van der Waals surface area (Å²) in [5.74, 6) is 0.673. The van der Waals surface area contributed by atoms with E-state index in [0.717, 1.165) is 5.65 Å². The van der Waals surface area contributed by atoms with E-state index in [1.165, 1.54) is 0 Å². The first kappa shape index (κ1) is 13.0. The second-order valence-electron chi connectivity index (χ2n) is 4.55. The second kappa shape index (κ2) is 5.58. The Labute approximate surface area is 121 Å². The third-order valence-corrected chi connectivity index (χ3v) is 2.99. The van der Waals surface area contributed by atoms with Crippen LogP contribution in [0.3, 0.4) is 0 Å². The van der Waals surface area contributed by atoms with Gasteiger partial charge < -0.3 is 10.6 Å². The lowest BCUT2D eigenvalue weighted by Crippen LogP contribution is -2.32. The third-order valence-electron chi connectivity index (χ3n) is 2.99. The molecule has 0 aromatic carbocycles. The number of hydrogen-bond donors (Lipinski definition) is 2. The molecule has 106 valence electrons. The van der Waals surface area contributed by atoms with E-state index in [0.29, 0.717) is 11.5 Å². The quantitative estimate of drug-likeness (QED) is 0.769. The number of hydrogen-bond acceptors (Lipinski definition) is 4. The summed E-state index contributed by atoms with van der Waals surface area (Å²) in [6.45, 7) is 1.85. The fraction of sp³-hybridized carbons (Fsp3) is 0.143. The van der Waals surface area contributed by atoms with Crippen molar-refractivity contribution in [2.75, 3.05) is 5.32 Å². The van der Waals surface area contributed by atoms with Crippen molar-refractivity contribution >= 4 is 17.4 Å². The average molecular weight is 282 g/mol. The number of nitrogens with zero attached hydrogens (tertiary/aromatic N) is 4. The highest BCUT2D eigenvalue weighted by molar-refractivity contribution is 5.89. The molecule has 21 heavy (non-hydrogen) atoms. The molecule has 0 saturated heterocycles. The molecular formula is C14H14N6O. The average Bonchev–Trinajstić information content (AvgIpc) is 2.92. The van der Waals surface area contributed by atoms with E-state index in [4.69, 9.17) is 0 Å². The molecule has 2 amide bonds. The smallest absolute Gasteiger partial charge is 0.319 e. The van der Waals surface area contributed by atoms with Crippen LogP contribution in [0.5, 0.6) is 0 Å². The summed E-state index contributed by atoms with van der Waals surface area (Å²) in [6, 6.07) is 8.57. The zero-order valence-corrected chi connectivity index (χ0v) is 11.4. The molecule has 0 fully saturated rings. The highest BCUT2D eigenvalue weighted by atomic mass is 16.2. The van der Waals surface area contributed by atoms with Crippen LogP contribution in [0.1, 0.15) is 18.8 Å². The van der Waals surface area contributed by atoms with Crippen molar-refractivity contribution in [1.82, 2.24) is 24.9 Å². The van der Waals surface area contributed by atoms with Crippen LogP contribution in [0.2, 0.25) is 0 Å². The molecule has 3 rings (SSSR count). The first-order valence-corrected chi connectivity index (χ1v) is 6.51. The third kappa shape index (κ3) is 2.81. The Morgan fingerprint density at radius 3 is 2.95 bits per heavy atom. The Balaban J connectivity index is 1.71. The van der Waals surface area contributed by atoms with Crippen molar-refractivity contribution in [2.45, 2.75) is 13.0 Å². The number of pyridine rings is 2. The molecule has 0 aliphatic rings. The molecule has 3 aromatic heterocycles. The lowest BCUT2D eigenvalue weighted by molar-refractivity contribution is 0.249. The van der Waals surface area contributed by atoms with Gasteiger partial charge in [-0.3, -0.25) is 9.38 Å². The monoisotopic (exact) mass is 282 g/mol. The molecule has 0 bridgehead atoms. The van der Waals surface area contributed by atoms with E-state index in [2.05, 4.69) is 25.8 Å². The second-order valence-corrected chi connectivity index (χ2v) is 4.55. The molecule has 0 aliphatic heterocycles. The number of anilines is 1. The summed E-state index contributed by atoms with van der Waals surface area (Å²) in [6.07, 6.45) is 5.09. The van der Waals surface area contributed by atoms with E-state index < -0.39 is 0 Å². The predicted octanol–water partition coefficient (Wildman–Crippen LogP) is 2.01. The van der Waals surface area contributed by atoms with Gasteiger partial charge in [0, 0.05) is 12.4 Å². The van der Waals surface area contributed by atoms with Crippen LogP contribution in [0.4, 0.5) is 10.5 Å². The molecule has 1 atom stereocenters. The molecule has 0 aliphatic carbocycles. The van der Waals surface area contributed by atoms with E-state index >= 15 is 0 Å². The Hall–Kier alpha value is -2.96. The fourth-order valence-electron chi connectivity index (χ4n) is 2.02. The van der Waals surface area contributed by atoms with Gasteiger partial charge >= 0.3 is 6.03 Å². The Kier molecular flexibility index (Phi) is 3.46. The molecule has 2 N–H and O–H groups in total. The maximum absolute atomic E-state index is 11.9. The highest BCUT2D eigenvalue weighted by Gasteiger charge is 2.15. The number of amides is 2. The molecule has 3 aromatic rings. The zero-order valence-electron chi connectivity index (χ0n) is 11.4. The van der Waals surface area contributed by atoms with Crippen LogP contribution in [0, 0.1) is 0 Å². The van der Waals surface area contributed by atoms with Crippen LogP contribution in [0.25, 0.3) is 5.65 Å². The summed E-state index contributed by atoms with van der Waals surface area (Å²) >= 11 is 0. The van der Waals surface area contributed by atoms with Crippen molar-refractivity contribution in [1.29, 1.82) is 0 Å². The number of nitrogens with one attached hydrogen (secondary N) is 2. The van der Waals surface area contributed by atoms with Gasteiger partial charge in [0.05, 0.1) is 17.9 Å². The van der Waals surface area contributed by atoms with Crippen molar-refractivity contribution in [3.8, 4) is 0 Å². The van der Waals surface area contributed by atoms with Gasteiger partial charge in [0.15, 0.2) is 11.5 Å². The summed E-state index contributed by atoms with van der Waals surface area (Å²) in [7, 11) is 0. The summed E-state index contributed by atoms with van der Waals surface area (Å²) < 4.78 is 1.84. The molecule has 0 radical (unpaired) electrons. The first-order valence-electron chi connectivity index (χ1n) is 6.51. The van der Waals surface area contributed by atoms with E-state index in [-0.39, 0.29) is 12.1 Å². The lowest BCUT2D eigenvalue weighted by atomic mass is 10.3. The molecule has 3 heterocycles. The van der Waals surface area contributed by atoms with E-state index in [1.807, 2.05) is 35.7 Å². The highest BCUT2D eigenvalue weighted by Crippen LogP contribution is 2.12. The molecule has 0 saturated carbocycles. The minimum atomic E-state index is -0.316. The van der Waals surface area contributed by atoms with Crippen LogP contribution in [0.15, 0.2) is 48.9 Å². The molecule has 0 unspecified atom stereocenters. The van der Waals surface area contributed by atoms with Gasteiger partial charge in [-0.15, -0.1) is 10.2 Å².